The van der Waals surface area contributed by atoms with Gasteiger partial charge in [-0.25, -0.2) is 9.51 Å². The summed E-state index contributed by atoms with van der Waals surface area (Å²) in [5.41, 5.74) is 5.02. The van der Waals surface area contributed by atoms with Crippen molar-refractivity contribution in [2.75, 3.05) is 0 Å². The second-order valence-corrected chi connectivity index (χ2v) is 7.24. The second-order valence-electron chi connectivity index (χ2n) is 7.24. The standard InChI is InChI=1S/C22H20F3N7.C2H6/c1-12(16-8-28-29-9-16)20-18(10-27-21(20)26-4)15-5-6-32-19(7-15)17(11-30-32)13(2)31-14(3)22(23,24)25;1-2/h5-11,14,27,31H,1-2,4H2,3H3,(H,28,29);1-2H3/t14-;/m1./s1. The highest BCUT2D eigenvalue weighted by Gasteiger charge is 2.36. The number of aromatic nitrogens is 5. The van der Waals surface area contributed by atoms with Crippen LogP contribution in [0.25, 0.3) is 27.9 Å². The maximum Gasteiger partial charge on any atom is 0.408 e. The zero-order chi connectivity index (χ0) is 25.0. The predicted octanol–water partition coefficient (Wildman–Crippen LogP) is 5.98. The zero-order valence-electron chi connectivity index (χ0n) is 19.2. The van der Waals surface area contributed by atoms with Gasteiger partial charge in [-0.05, 0) is 36.9 Å². The Bertz CT molecular complexity index is 1310. The first-order chi connectivity index (χ1) is 16.2. The molecule has 4 rings (SSSR count). The van der Waals surface area contributed by atoms with Gasteiger partial charge in [0.1, 0.15) is 11.9 Å². The summed E-state index contributed by atoms with van der Waals surface area (Å²) in [4.78, 5) is 7.15. The lowest BCUT2D eigenvalue weighted by Crippen LogP contribution is -2.38. The van der Waals surface area contributed by atoms with Crippen LogP contribution in [-0.4, -0.2) is 43.7 Å². The molecule has 0 saturated carbocycles. The third-order valence-electron chi connectivity index (χ3n) is 5.21. The monoisotopic (exact) mass is 469 g/mol. The normalized spacial score (nSPS) is 12.1. The van der Waals surface area contributed by atoms with Crippen LogP contribution in [0.15, 0.2) is 61.3 Å². The number of hydrogen-bond donors (Lipinski definition) is 3. The number of H-pyrrole nitrogens is 2. The molecular weight excluding hydrogens is 443 g/mol. The summed E-state index contributed by atoms with van der Waals surface area (Å²) in [6, 6.07) is 1.93. The minimum absolute atomic E-state index is 0.132. The Morgan fingerprint density at radius 1 is 1.21 bits per heavy atom. The molecule has 4 aromatic heterocycles. The molecule has 0 bridgehead atoms. The van der Waals surface area contributed by atoms with Gasteiger partial charge in [0.15, 0.2) is 0 Å². The van der Waals surface area contributed by atoms with Crippen molar-refractivity contribution in [3.8, 4) is 11.1 Å². The third kappa shape index (κ3) is 4.66. The Labute approximate surface area is 195 Å². The van der Waals surface area contributed by atoms with E-state index in [1.54, 1.807) is 29.3 Å². The molecule has 0 aromatic carbocycles. The number of aliphatic imine (C=N–C) groups is 1. The van der Waals surface area contributed by atoms with Crippen LogP contribution in [0, 0.1) is 0 Å². The molecule has 0 aliphatic carbocycles. The minimum atomic E-state index is -4.39. The van der Waals surface area contributed by atoms with Gasteiger partial charge in [0.2, 0.25) is 0 Å². The molecule has 10 heteroatoms. The number of hydrogen-bond acceptors (Lipinski definition) is 4. The van der Waals surface area contributed by atoms with Crippen LogP contribution in [-0.2, 0) is 0 Å². The first kappa shape index (κ1) is 24.6. The molecule has 0 aliphatic heterocycles. The molecule has 1 atom stereocenters. The van der Waals surface area contributed by atoms with Gasteiger partial charge < -0.3 is 10.3 Å². The second kappa shape index (κ2) is 9.82. The van der Waals surface area contributed by atoms with E-state index in [9.17, 15) is 13.2 Å². The van der Waals surface area contributed by atoms with Gasteiger partial charge in [-0.3, -0.25) is 5.10 Å². The minimum Gasteiger partial charge on any atom is -0.374 e. The number of alkyl halides is 3. The van der Waals surface area contributed by atoms with Crippen LogP contribution < -0.4 is 5.32 Å². The van der Waals surface area contributed by atoms with Crippen LogP contribution in [0.2, 0.25) is 0 Å². The number of rotatable bonds is 7. The molecule has 0 unspecified atom stereocenters. The van der Waals surface area contributed by atoms with E-state index in [4.69, 9.17) is 0 Å². The highest BCUT2D eigenvalue weighted by Crippen LogP contribution is 2.38. The molecule has 0 spiro atoms. The van der Waals surface area contributed by atoms with Crippen molar-refractivity contribution >= 4 is 29.3 Å². The molecule has 178 valence electrons. The number of fused-ring (bicyclic) bond motifs is 1. The Kier molecular flexibility index (Phi) is 7.09. The lowest BCUT2D eigenvalue weighted by atomic mass is 9.96. The Morgan fingerprint density at radius 3 is 2.56 bits per heavy atom. The maximum absolute atomic E-state index is 13.0. The first-order valence-electron chi connectivity index (χ1n) is 10.6. The first-order valence-corrected chi connectivity index (χ1v) is 10.6. The largest absolute Gasteiger partial charge is 0.408 e. The summed E-state index contributed by atoms with van der Waals surface area (Å²) in [6.45, 7) is 16.6. The van der Waals surface area contributed by atoms with Crippen molar-refractivity contribution in [2.24, 2.45) is 4.99 Å². The van der Waals surface area contributed by atoms with E-state index in [-0.39, 0.29) is 5.70 Å². The SMILES string of the molecule is C=Nc1[nH]cc(-c2ccn3ncc(C(=C)N[C@H](C)C(F)(F)F)c3c2)c1C(=C)c1cn[nH]c1.CC. The molecule has 4 heterocycles. The van der Waals surface area contributed by atoms with Gasteiger partial charge in [-0.15, -0.1) is 0 Å². The Morgan fingerprint density at radius 2 is 1.94 bits per heavy atom. The molecule has 4 aromatic rings. The molecule has 0 aliphatic rings. The van der Waals surface area contributed by atoms with Gasteiger partial charge in [0.05, 0.1) is 17.9 Å². The smallest absolute Gasteiger partial charge is 0.374 e. The number of halogens is 3. The summed E-state index contributed by atoms with van der Waals surface area (Å²) >= 11 is 0. The summed E-state index contributed by atoms with van der Waals surface area (Å²) in [7, 11) is 0. The fourth-order valence-electron chi connectivity index (χ4n) is 3.43. The van der Waals surface area contributed by atoms with Gasteiger partial charge in [0, 0.05) is 46.5 Å². The summed E-state index contributed by atoms with van der Waals surface area (Å²) in [5, 5.41) is 13.4. The molecule has 0 fully saturated rings. The zero-order valence-corrected chi connectivity index (χ0v) is 19.2. The lowest BCUT2D eigenvalue weighted by molar-refractivity contribution is -0.148. The van der Waals surface area contributed by atoms with E-state index < -0.39 is 12.2 Å². The van der Waals surface area contributed by atoms with Crippen LogP contribution in [0.3, 0.4) is 0 Å². The van der Waals surface area contributed by atoms with Crippen molar-refractivity contribution in [2.45, 2.75) is 33.0 Å². The number of pyridine rings is 1. The van der Waals surface area contributed by atoms with E-state index in [2.05, 4.69) is 50.5 Å². The number of nitrogens with zero attached hydrogens (tertiary/aromatic N) is 4. The molecule has 34 heavy (non-hydrogen) atoms. The predicted molar refractivity (Wildman–Crippen MR) is 130 cm³/mol. The maximum atomic E-state index is 13.0. The molecule has 0 radical (unpaired) electrons. The van der Waals surface area contributed by atoms with Gasteiger partial charge in [-0.2, -0.15) is 23.4 Å². The van der Waals surface area contributed by atoms with Crippen molar-refractivity contribution < 1.29 is 13.2 Å². The quantitative estimate of drug-likeness (QED) is 0.291. The van der Waals surface area contributed by atoms with E-state index in [0.717, 1.165) is 29.2 Å². The molecule has 7 nitrogen and oxygen atoms in total. The molecular formula is C24H26F3N7. The average Bonchev–Trinajstić information content (AvgIpc) is 3.58. The van der Waals surface area contributed by atoms with E-state index in [1.807, 2.05) is 26.0 Å². The Hall–Kier alpha value is -4.08. The Balaban J connectivity index is 0.00000158. The fraction of sp³-hybridized carbons (Fsp3) is 0.208. The number of aromatic amines is 2. The van der Waals surface area contributed by atoms with E-state index in [1.165, 1.54) is 6.20 Å². The summed E-state index contributed by atoms with van der Waals surface area (Å²) in [6.07, 6.45) is 3.98. The lowest BCUT2D eigenvalue weighted by Gasteiger charge is -2.19. The van der Waals surface area contributed by atoms with E-state index >= 15 is 0 Å². The van der Waals surface area contributed by atoms with Crippen LogP contribution in [0.1, 0.15) is 37.5 Å². The van der Waals surface area contributed by atoms with Gasteiger partial charge >= 0.3 is 6.18 Å². The fourth-order valence-corrected chi connectivity index (χ4v) is 3.43. The summed E-state index contributed by atoms with van der Waals surface area (Å²) in [5.74, 6) is 0.546. The van der Waals surface area contributed by atoms with Crippen molar-refractivity contribution in [1.82, 2.24) is 30.1 Å². The van der Waals surface area contributed by atoms with Crippen molar-refractivity contribution in [3.63, 3.8) is 0 Å². The molecule has 0 amide bonds. The highest BCUT2D eigenvalue weighted by atomic mass is 19.4. The molecule has 3 N–H and O–H groups in total. The topological polar surface area (TPSA) is 86.2 Å². The van der Waals surface area contributed by atoms with Crippen molar-refractivity contribution in [3.05, 3.63) is 73.0 Å². The van der Waals surface area contributed by atoms with Crippen LogP contribution >= 0.6 is 0 Å². The molecule has 0 saturated heterocycles. The third-order valence-corrected chi connectivity index (χ3v) is 5.21. The van der Waals surface area contributed by atoms with Crippen LogP contribution in [0.5, 0.6) is 0 Å². The highest BCUT2D eigenvalue weighted by molar-refractivity contribution is 5.93. The average molecular weight is 470 g/mol. The van der Waals surface area contributed by atoms with E-state index in [0.29, 0.717) is 22.5 Å². The van der Waals surface area contributed by atoms with Crippen LogP contribution in [0.4, 0.5) is 19.0 Å². The number of nitrogens with one attached hydrogen (secondary N) is 3. The van der Waals surface area contributed by atoms with Gasteiger partial charge in [-0.1, -0.05) is 27.0 Å². The van der Waals surface area contributed by atoms with Gasteiger partial charge in [0.25, 0.3) is 0 Å². The van der Waals surface area contributed by atoms with Crippen molar-refractivity contribution in [1.29, 1.82) is 0 Å². The summed E-state index contributed by atoms with van der Waals surface area (Å²) < 4.78 is 40.5.